The van der Waals surface area contributed by atoms with Crippen LogP contribution in [0.15, 0.2) is 18.3 Å². The largest absolute Gasteiger partial charge is 0.481 e. The van der Waals surface area contributed by atoms with E-state index in [1.807, 2.05) is 0 Å². The van der Waals surface area contributed by atoms with E-state index in [9.17, 15) is 14.7 Å². The number of ether oxygens (including phenoxy) is 1. The summed E-state index contributed by atoms with van der Waals surface area (Å²) < 4.78 is 4.95. The van der Waals surface area contributed by atoms with Crippen molar-refractivity contribution in [3.63, 3.8) is 0 Å². The van der Waals surface area contributed by atoms with Crippen molar-refractivity contribution < 1.29 is 19.4 Å². The van der Waals surface area contributed by atoms with Gasteiger partial charge in [0.2, 0.25) is 0 Å². The summed E-state index contributed by atoms with van der Waals surface area (Å²) in [6, 6.07) is 3.26. The molecule has 0 radical (unpaired) electrons. The van der Waals surface area contributed by atoms with Crippen molar-refractivity contribution in [2.45, 2.75) is 26.2 Å². The van der Waals surface area contributed by atoms with E-state index in [2.05, 4.69) is 10.3 Å². The molecule has 1 aliphatic rings. The summed E-state index contributed by atoms with van der Waals surface area (Å²) in [5.74, 6) is -0.885. The molecule has 0 bridgehead atoms. The molecule has 0 saturated heterocycles. The molecule has 108 valence electrons. The second-order valence-corrected chi connectivity index (χ2v) is 4.91. The average Bonchev–Trinajstić information content (AvgIpc) is 2.37. The van der Waals surface area contributed by atoms with E-state index in [0.29, 0.717) is 24.2 Å². The summed E-state index contributed by atoms with van der Waals surface area (Å²) in [5, 5.41) is 12.3. The summed E-state index contributed by atoms with van der Waals surface area (Å²) >= 11 is 0. The smallest absolute Gasteiger partial charge is 0.341 e. The fourth-order valence-corrected chi connectivity index (χ4v) is 2.24. The van der Waals surface area contributed by atoms with Gasteiger partial charge in [-0.05, 0) is 31.9 Å². The normalized spacial score (nSPS) is 16.1. The number of nitrogens with one attached hydrogen (secondary N) is 1. The zero-order valence-electron chi connectivity index (χ0n) is 11.4. The molecule has 20 heavy (non-hydrogen) atoms. The molecule has 0 amide bonds. The molecule has 2 rings (SSSR count). The minimum Gasteiger partial charge on any atom is -0.481 e. The highest BCUT2D eigenvalue weighted by Crippen LogP contribution is 2.41. The Kier molecular flexibility index (Phi) is 4.22. The van der Waals surface area contributed by atoms with Crippen LogP contribution in [0.3, 0.4) is 0 Å². The number of carboxylic acids is 1. The monoisotopic (exact) mass is 278 g/mol. The standard InChI is InChI=1S/C14H18N2O4/c1-2-20-12(17)10-5-3-8-15-11(10)16-9-14(13(18)19)6-4-7-14/h3,5,8H,2,4,6-7,9H2,1H3,(H,15,16)(H,18,19). The summed E-state index contributed by atoms with van der Waals surface area (Å²) in [6.45, 7) is 2.28. The number of anilines is 1. The van der Waals surface area contributed by atoms with Crippen molar-refractivity contribution in [2.75, 3.05) is 18.5 Å². The van der Waals surface area contributed by atoms with E-state index in [1.54, 1.807) is 25.3 Å². The van der Waals surface area contributed by atoms with Gasteiger partial charge in [-0.3, -0.25) is 4.79 Å². The maximum absolute atomic E-state index is 11.8. The molecule has 1 saturated carbocycles. The van der Waals surface area contributed by atoms with Crippen LogP contribution in [-0.4, -0.2) is 35.2 Å². The Bertz CT molecular complexity index is 512. The Balaban J connectivity index is 2.10. The van der Waals surface area contributed by atoms with Gasteiger partial charge >= 0.3 is 11.9 Å². The second-order valence-electron chi connectivity index (χ2n) is 4.91. The van der Waals surface area contributed by atoms with Crippen LogP contribution in [0.2, 0.25) is 0 Å². The van der Waals surface area contributed by atoms with Crippen molar-refractivity contribution in [2.24, 2.45) is 5.41 Å². The number of hydrogen-bond acceptors (Lipinski definition) is 5. The van der Waals surface area contributed by atoms with E-state index < -0.39 is 17.4 Å². The van der Waals surface area contributed by atoms with Crippen molar-refractivity contribution >= 4 is 17.8 Å². The molecule has 2 N–H and O–H groups in total. The van der Waals surface area contributed by atoms with Crippen molar-refractivity contribution in [1.82, 2.24) is 4.98 Å². The number of rotatable bonds is 6. The van der Waals surface area contributed by atoms with Crippen molar-refractivity contribution in [3.05, 3.63) is 23.9 Å². The molecule has 0 atom stereocenters. The number of carbonyl (C=O) groups excluding carboxylic acids is 1. The fraction of sp³-hybridized carbons (Fsp3) is 0.500. The number of esters is 1. The zero-order chi connectivity index (χ0) is 14.6. The zero-order valence-corrected chi connectivity index (χ0v) is 11.4. The van der Waals surface area contributed by atoms with Gasteiger partial charge in [-0.2, -0.15) is 0 Å². The van der Waals surface area contributed by atoms with Gasteiger partial charge in [0.15, 0.2) is 0 Å². The van der Waals surface area contributed by atoms with Crippen LogP contribution in [0, 0.1) is 5.41 Å². The number of aromatic nitrogens is 1. The lowest BCUT2D eigenvalue weighted by Crippen LogP contribution is -2.43. The number of nitrogens with zero attached hydrogens (tertiary/aromatic N) is 1. The average molecular weight is 278 g/mol. The summed E-state index contributed by atoms with van der Waals surface area (Å²) in [4.78, 5) is 27.2. The minimum atomic E-state index is -0.801. The first-order valence-corrected chi connectivity index (χ1v) is 6.68. The third kappa shape index (κ3) is 2.74. The van der Waals surface area contributed by atoms with E-state index in [-0.39, 0.29) is 13.2 Å². The lowest BCUT2D eigenvalue weighted by molar-refractivity contribution is -0.153. The topological polar surface area (TPSA) is 88.5 Å². The lowest BCUT2D eigenvalue weighted by Gasteiger charge is -2.37. The summed E-state index contributed by atoms with van der Waals surface area (Å²) in [5.41, 5.74) is -0.405. The summed E-state index contributed by atoms with van der Waals surface area (Å²) in [7, 11) is 0. The Morgan fingerprint density at radius 3 is 2.80 bits per heavy atom. The van der Waals surface area contributed by atoms with E-state index >= 15 is 0 Å². The molecular weight excluding hydrogens is 260 g/mol. The summed E-state index contributed by atoms with van der Waals surface area (Å²) in [6.07, 6.45) is 3.77. The molecule has 0 aliphatic heterocycles. The third-order valence-corrected chi connectivity index (χ3v) is 3.66. The molecule has 6 nitrogen and oxygen atoms in total. The van der Waals surface area contributed by atoms with Gasteiger partial charge in [0.25, 0.3) is 0 Å². The molecule has 6 heteroatoms. The van der Waals surface area contributed by atoms with Gasteiger partial charge in [0.05, 0.1) is 12.0 Å². The van der Waals surface area contributed by atoms with Crippen LogP contribution in [0.25, 0.3) is 0 Å². The number of carboxylic acid groups (broad SMARTS) is 1. The van der Waals surface area contributed by atoms with E-state index in [1.165, 1.54) is 0 Å². The first-order chi connectivity index (χ1) is 9.59. The molecule has 1 fully saturated rings. The van der Waals surface area contributed by atoms with Crippen molar-refractivity contribution in [3.8, 4) is 0 Å². The number of hydrogen-bond donors (Lipinski definition) is 2. The third-order valence-electron chi connectivity index (χ3n) is 3.66. The van der Waals surface area contributed by atoms with Gasteiger partial charge in [0.1, 0.15) is 11.4 Å². The molecule has 1 heterocycles. The van der Waals surface area contributed by atoms with Crippen LogP contribution in [0.4, 0.5) is 5.82 Å². The van der Waals surface area contributed by atoms with Gasteiger partial charge in [-0.1, -0.05) is 6.42 Å². The lowest BCUT2D eigenvalue weighted by atomic mass is 9.69. The number of aliphatic carboxylic acids is 1. The predicted octanol–water partition coefficient (Wildman–Crippen LogP) is 1.93. The molecule has 0 unspecified atom stereocenters. The van der Waals surface area contributed by atoms with Crippen molar-refractivity contribution in [1.29, 1.82) is 0 Å². The van der Waals surface area contributed by atoms with Crippen LogP contribution < -0.4 is 5.32 Å². The van der Waals surface area contributed by atoms with Gasteiger partial charge < -0.3 is 15.2 Å². The van der Waals surface area contributed by atoms with Gasteiger partial charge in [0, 0.05) is 12.7 Å². The first kappa shape index (κ1) is 14.3. The molecule has 1 aromatic heterocycles. The quantitative estimate of drug-likeness (QED) is 0.773. The number of carbonyl (C=O) groups is 2. The first-order valence-electron chi connectivity index (χ1n) is 6.68. The molecular formula is C14H18N2O4. The minimum absolute atomic E-state index is 0.270. The molecule has 1 aliphatic carbocycles. The molecule has 0 aromatic carbocycles. The van der Waals surface area contributed by atoms with Crippen LogP contribution >= 0.6 is 0 Å². The maximum atomic E-state index is 11.8. The molecule has 1 aromatic rings. The highest BCUT2D eigenvalue weighted by atomic mass is 16.5. The second kappa shape index (κ2) is 5.90. The van der Waals surface area contributed by atoms with Gasteiger partial charge in [-0.15, -0.1) is 0 Å². The number of pyridine rings is 1. The van der Waals surface area contributed by atoms with Crippen LogP contribution in [-0.2, 0) is 9.53 Å². The Hall–Kier alpha value is -2.11. The maximum Gasteiger partial charge on any atom is 0.341 e. The SMILES string of the molecule is CCOC(=O)c1cccnc1NCC1(C(=O)O)CCC1. The Morgan fingerprint density at radius 1 is 1.50 bits per heavy atom. The van der Waals surface area contributed by atoms with Gasteiger partial charge in [-0.25, -0.2) is 9.78 Å². The highest BCUT2D eigenvalue weighted by Gasteiger charge is 2.44. The van der Waals surface area contributed by atoms with Crippen LogP contribution in [0.1, 0.15) is 36.5 Å². The molecule has 0 spiro atoms. The van der Waals surface area contributed by atoms with E-state index in [4.69, 9.17) is 4.74 Å². The van der Waals surface area contributed by atoms with E-state index in [0.717, 1.165) is 6.42 Å². The Labute approximate surface area is 117 Å². The predicted molar refractivity (Wildman–Crippen MR) is 72.6 cm³/mol. The highest BCUT2D eigenvalue weighted by molar-refractivity contribution is 5.94. The fourth-order valence-electron chi connectivity index (χ4n) is 2.24. The van der Waals surface area contributed by atoms with Crippen LogP contribution in [0.5, 0.6) is 0 Å². The Morgan fingerprint density at radius 2 is 2.25 bits per heavy atom.